The third-order valence-corrected chi connectivity index (χ3v) is 3.82. The molecule has 0 atom stereocenters. The molecule has 1 heterocycles. The molecule has 5 heteroatoms. The van der Waals surface area contributed by atoms with Gasteiger partial charge in [-0.3, -0.25) is 9.80 Å². The number of aliphatic hydroxyl groups is 1. The first-order valence-corrected chi connectivity index (χ1v) is 7.62. The Morgan fingerprint density at radius 2 is 1.81 bits per heavy atom. The van der Waals surface area contributed by atoms with Crippen LogP contribution in [0, 0.1) is 0 Å². The number of hydrogen-bond acceptors (Lipinski definition) is 5. The zero-order valence-electron chi connectivity index (χ0n) is 13.0. The molecule has 0 aromatic heterocycles. The lowest BCUT2D eigenvalue weighted by Crippen LogP contribution is -2.46. The first-order chi connectivity index (χ1) is 10.3. The van der Waals surface area contributed by atoms with Gasteiger partial charge in [0.15, 0.2) is 11.5 Å². The second-order valence-corrected chi connectivity index (χ2v) is 5.26. The van der Waals surface area contributed by atoms with E-state index < -0.39 is 0 Å². The molecule has 5 nitrogen and oxygen atoms in total. The van der Waals surface area contributed by atoms with Crippen LogP contribution in [-0.4, -0.2) is 68.0 Å². The predicted molar refractivity (Wildman–Crippen MR) is 83.0 cm³/mol. The maximum Gasteiger partial charge on any atom is 0.161 e. The molecule has 0 radical (unpaired) electrons. The van der Waals surface area contributed by atoms with Gasteiger partial charge in [0.05, 0.1) is 20.3 Å². The van der Waals surface area contributed by atoms with Crippen LogP contribution in [0.5, 0.6) is 11.5 Å². The van der Waals surface area contributed by atoms with Crippen molar-refractivity contribution in [1.29, 1.82) is 0 Å². The van der Waals surface area contributed by atoms with Crippen LogP contribution >= 0.6 is 0 Å². The smallest absolute Gasteiger partial charge is 0.161 e. The molecule has 0 bridgehead atoms. The zero-order valence-corrected chi connectivity index (χ0v) is 13.0. The molecule has 118 valence electrons. The van der Waals surface area contributed by atoms with Gasteiger partial charge in [-0.15, -0.1) is 0 Å². The summed E-state index contributed by atoms with van der Waals surface area (Å²) in [6, 6.07) is 6.15. The van der Waals surface area contributed by atoms with Crippen molar-refractivity contribution in [2.75, 3.05) is 53.0 Å². The standard InChI is InChI=1S/C16H26N2O3/c1-3-21-15-5-4-14(12-16(15)20-2)13-18-8-6-17(7-9-18)10-11-19/h4-5,12,19H,3,6-11,13H2,1-2H3. The quantitative estimate of drug-likeness (QED) is 0.819. The Labute approximate surface area is 127 Å². The van der Waals surface area contributed by atoms with Gasteiger partial charge < -0.3 is 14.6 Å². The van der Waals surface area contributed by atoms with Crippen molar-refractivity contribution in [1.82, 2.24) is 9.80 Å². The molecular weight excluding hydrogens is 268 g/mol. The van der Waals surface area contributed by atoms with Crippen molar-refractivity contribution in [3.63, 3.8) is 0 Å². The summed E-state index contributed by atoms with van der Waals surface area (Å²) in [6.45, 7) is 8.69. The fourth-order valence-electron chi connectivity index (χ4n) is 2.66. The van der Waals surface area contributed by atoms with Crippen molar-refractivity contribution in [3.8, 4) is 11.5 Å². The van der Waals surface area contributed by atoms with Gasteiger partial charge in [-0.05, 0) is 24.6 Å². The largest absolute Gasteiger partial charge is 0.493 e. The lowest BCUT2D eigenvalue weighted by Gasteiger charge is -2.34. The van der Waals surface area contributed by atoms with Gasteiger partial charge in [0.25, 0.3) is 0 Å². The third-order valence-electron chi connectivity index (χ3n) is 3.82. The number of piperazine rings is 1. The Hall–Kier alpha value is -1.30. The van der Waals surface area contributed by atoms with E-state index in [1.165, 1.54) is 5.56 Å². The summed E-state index contributed by atoms with van der Waals surface area (Å²) in [7, 11) is 1.68. The molecule has 0 amide bonds. The van der Waals surface area contributed by atoms with E-state index in [2.05, 4.69) is 21.9 Å². The maximum atomic E-state index is 8.97. The lowest BCUT2D eigenvalue weighted by atomic mass is 10.1. The second-order valence-electron chi connectivity index (χ2n) is 5.26. The van der Waals surface area contributed by atoms with Gasteiger partial charge in [-0.25, -0.2) is 0 Å². The predicted octanol–water partition coefficient (Wildman–Crippen LogP) is 1.20. The Bertz CT molecular complexity index is 432. The van der Waals surface area contributed by atoms with E-state index in [1.54, 1.807) is 7.11 Å². The number of nitrogens with zero attached hydrogens (tertiary/aromatic N) is 2. The molecule has 1 N–H and O–H groups in total. The summed E-state index contributed by atoms with van der Waals surface area (Å²) in [4.78, 5) is 4.73. The minimum absolute atomic E-state index is 0.246. The molecular formula is C16H26N2O3. The van der Waals surface area contributed by atoms with Crippen LogP contribution in [0.3, 0.4) is 0 Å². The van der Waals surface area contributed by atoms with Gasteiger partial charge >= 0.3 is 0 Å². The van der Waals surface area contributed by atoms with Crippen LogP contribution in [0.4, 0.5) is 0 Å². The fourth-order valence-corrected chi connectivity index (χ4v) is 2.66. The summed E-state index contributed by atoms with van der Waals surface area (Å²) in [5.41, 5.74) is 1.24. The highest BCUT2D eigenvalue weighted by molar-refractivity contribution is 5.42. The van der Waals surface area contributed by atoms with Crippen molar-refractivity contribution < 1.29 is 14.6 Å². The molecule has 21 heavy (non-hydrogen) atoms. The van der Waals surface area contributed by atoms with Gasteiger partial charge in [0, 0.05) is 39.3 Å². The summed E-state index contributed by atoms with van der Waals surface area (Å²) in [5, 5.41) is 8.97. The maximum absolute atomic E-state index is 8.97. The van der Waals surface area contributed by atoms with Crippen molar-refractivity contribution in [2.45, 2.75) is 13.5 Å². The minimum atomic E-state index is 0.246. The van der Waals surface area contributed by atoms with E-state index in [0.717, 1.165) is 50.8 Å². The van der Waals surface area contributed by atoms with Crippen LogP contribution in [-0.2, 0) is 6.54 Å². The molecule has 1 aliphatic rings. The fraction of sp³-hybridized carbons (Fsp3) is 0.625. The molecule has 2 rings (SSSR count). The number of aliphatic hydroxyl groups excluding tert-OH is 1. The highest BCUT2D eigenvalue weighted by atomic mass is 16.5. The third kappa shape index (κ3) is 4.59. The summed E-state index contributed by atoms with van der Waals surface area (Å²) < 4.78 is 10.9. The van der Waals surface area contributed by atoms with E-state index in [9.17, 15) is 0 Å². The Morgan fingerprint density at radius 3 is 2.43 bits per heavy atom. The van der Waals surface area contributed by atoms with Crippen LogP contribution in [0.25, 0.3) is 0 Å². The normalized spacial score (nSPS) is 16.9. The molecule has 1 aromatic rings. The van der Waals surface area contributed by atoms with Crippen molar-refractivity contribution >= 4 is 0 Å². The van der Waals surface area contributed by atoms with Crippen molar-refractivity contribution in [2.24, 2.45) is 0 Å². The monoisotopic (exact) mass is 294 g/mol. The highest BCUT2D eigenvalue weighted by Crippen LogP contribution is 2.28. The number of β-amino-alcohol motifs (C(OH)–C–C–N with tert-alkyl or cyclic N) is 1. The van der Waals surface area contributed by atoms with Crippen LogP contribution in [0.2, 0.25) is 0 Å². The molecule has 0 aliphatic carbocycles. The zero-order chi connectivity index (χ0) is 15.1. The number of ether oxygens (including phenoxy) is 2. The molecule has 1 fully saturated rings. The SMILES string of the molecule is CCOc1ccc(CN2CCN(CCO)CC2)cc1OC. The Kier molecular flexibility index (Phi) is 6.29. The number of hydrogen-bond donors (Lipinski definition) is 1. The molecule has 1 aliphatic heterocycles. The number of rotatable bonds is 7. The lowest BCUT2D eigenvalue weighted by molar-refractivity contribution is 0.108. The summed E-state index contributed by atoms with van der Waals surface area (Å²) in [6.07, 6.45) is 0. The topological polar surface area (TPSA) is 45.2 Å². The van der Waals surface area contributed by atoms with Crippen molar-refractivity contribution in [3.05, 3.63) is 23.8 Å². The molecule has 0 saturated carbocycles. The van der Waals surface area contributed by atoms with E-state index in [-0.39, 0.29) is 6.61 Å². The Balaban J connectivity index is 1.91. The van der Waals surface area contributed by atoms with E-state index in [1.807, 2.05) is 13.0 Å². The first kappa shape index (κ1) is 16.1. The Morgan fingerprint density at radius 1 is 1.10 bits per heavy atom. The van der Waals surface area contributed by atoms with E-state index in [4.69, 9.17) is 14.6 Å². The molecule has 0 unspecified atom stereocenters. The highest BCUT2D eigenvalue weighted by Gasteiger charge is 2.17. The minimum Gasteiger partial charge on any atom is -0.493 e. The van der Waals surface area contributed by atoms with E-state index in [0.29, 0.717) is 6.61 Å². The van der Waals surface area contributed by atoms with Crippen LogP contribution < -0.4 is 9.47 Å². The molecule has 1 saturated heterocycles. The number of methoxy groups -OCH3 is 1. The molecule has 0 spiro atoms. The van der Waals surface area contributed by atoms with Gasteiger partial charge in [0.1, 0.15) is 0 Å². The summed E-state index contributed by atoms with van der Waals surface area (Å²) in [5.74, 6) is 1.60. The average Bonchev–Trinajstić information content (AvgIpc) is 2.51. The van der Waals surface area contributed by atoms with Gasteiger partial charge in [-0.2, -0.15) is 0 Å². The average molecular weight is 294 g/mol. The molecule has 1 aromatic carbocycles. The van der Waals surface area contributed by atoms with Gasteiger partial charge in [-0.1, -0.05) is 6.07 Å². The summed E-state index contributed by atoms with van der Waals surface area (Å²) >= 11 is 0. The van der Waals surface area contributed by atoms with Crippen LogP contribution in [0.1, 0.15) is 12.5 Å². The van der Waals surface area contributed by atoms with E-state index >= 15 is 0 Å². The number of benzene rings is 1. The van der Waals surface area contributed by atoms with Crippen LogP contribution in [0.15, 0.2) is 18.2 Å². The first-order valence-electron chi connectivity index (χ1n) is 7.62. The second kappa shape index (κ2) is 8.22. The van der Waals surface area contributed by atoms with Gasteiger partial charge in [0.2, 0.25) is 0 Å².